The van der Waals surface area contributed by atoms with Crippen molar-refractivity contribution in [3.05, 3.63) is 0 Å². The van der Waals surface area contributed by atoms with Gasteiger partial charge in [-0.1, -0.05) is 26.7 Å². The van der Waals surface area contributed by atoms with Gasteiger partial charge in [-0.05, 0) is 18.9 Å². The standard InChI is InChI=1S/C10H22N2O/c1-9(2)6-4-5-7-12-8-10(13)11-3/h9,12H,4-8H2,1-3H3,(H,11,13). The fraction of sp³-hybridized carbons (Fsp3) is 0.900. The SMILES string of the molecule is CNC(=O)CNCCCCC(C)C. The van der Waals surface area contributed by atoms with E-state index >= 15 is 0 Å². The maximum atomic E-state index is 10.8. The molecule has 0 aromatic heterocycles. The van der Waals surface area contributed by atoms with Gasteiger partial charge in [-0.15, -0.1) is 0 Å². The lowest BCUT2D eigenvalue weighted by Gasteiger charge is -2.05. The smallest absolute Gasteiger partial charge is 0.233 e. The molecule has 1 amide bonds. The van der Waals surface area contributed by atoms with Gasteiger partial charge in [-0.3, -0.25) is 4.79 Å². The number of unbranched alkanes of at least 4 members (excludes halogenated alkanes) is 1. The van der Waals surface area contributed by atoms with Gasteiger partial charge in [0.2, 0.25) is 5.91 Å². The number of hydrogen-bond acceptors (Lipinski definition) is 2. The summed E-state index contributed by atoms with van der Waals surface area (Å²) in [6.45, 7) is 5.86. The molecule has 0 aromatic carbocycles. The number of carbonyl (C=O) groups is 1. The fourth-order valence-electron chi connectivity index (χ4n) is 1.09. The Kier molecular flexibility index (Phi) is 7.69. The number of amides is 1. The zero-order valence-corrected chi connectivity index (χ0v) is 9.02. The highest BCUT2D eigenvalue weighted by atomic mass is 16.1. The van der Waals surface area contributed by atoms with Crippen molar-refractivity contribution in [3.8, 4) is 0 Å². The highest BCUT2D eigenvalue weighted by Crippen LogP contribution is 2.04. The maximum Gasteiger partial charge on any atom is 0.233 e. The Hall–Kier alpha value is -0.570. The Balaban J connectivity index is 3.04. The van der Waals surface area contributed by atoms with Crippen molar-refractivity contribution in [1.29, 1.82) is 0 Å². The van der Waals surface area contributed by atoms with Crippen LogP contribution in [-0.2, 0) is 4.79 Å². The van der Waals surface area contributed by atoms with Crippen LogP contribution in [0.5, 0.6) is 0 Å². The van der Waals surface area contributed by atoms with E-state index in [4.69, 9.17) is 0 Å². The molecule has 13 heavy (non-hydrogen) atoms. The van der Waals surface area contributed by atoms with Crippen LogP contribution in [0.15, 0.2) is 0 Å². The molecule has 0 radical (unpaired) electrons. The summed E-state index contributed by atoms with van der Waals surface area (Å²) in [5.41, 5.74) is 0. The third kappa shape index (κ3) is 9.34. The number of carbonyl (C=O) groups excluding carboxylic acids is 1. The molecular weight excluding hydrogens is 164 g/mol. The van der Waals surface area contributed by atoms with Gasteiger partial charge in [0.05, 0.1) is 6.54 Å². The average Bonchev–Trinajstić information content (AvgIpc) is 2.10. The summed E-state index contributed by atoms with van der Waals surface area (Å²) >= 11 is 0. The van der Waals surface area contributed by atoms with Crippen LogP contribution >= 0.6 is 0 Å². The summed E-state index contributed by atoms with van der Waals surface area (Å²) in [5, 5.41) is 5.67. The van der Waals surface area contributed by atoms with Gasteiger partial charge < -0.3 is 10.6 Å². The molecule has 3 nitrogen and oxygen atoms in total. The van der Waals surface area contributed by atoms with Crippen molar-refractivity contribution in [2.45, 2.75) is 33.1 Å². The number of hydrogen-bond donors (Lipinski definition) is 2. The molecule has 0 atom stereocenters. The van der Waals surface area contributed by atoms with Crippen molar-refractivity contribution in [1.82, 2.24) is 10.6 Å². The molecule has 0 aromatic rings. The van der Waals surface area contributed by atoms with Crippen LogP contribution < -0.4 is 10.6 Å². The highest BCUT2D eigenvalue weighted by molar-refractivity contribution is 5.77. The molecule has 3 heteroatoms. The van der Waals surface area contributed by atoms with E-state index in [1.54, 1.807) is 7.05 Å². The summed E-state index contributed by atoms with van der Waals surface area (Å²) in [4.78, 5) is 10.8. The Bertz CT molecular complexity index is 135. The van der Waals surface area contributed by atoms with E-state index in [0.717, 1.165) is 18.9 Å². The quantitative estimate of drug-likeness (QED) is 0.586. The second-order valence-corrected chi connectivity index (χ2v) is 3.74. The molecule has 0 aliphatic rings. The first-order valence-electron chi connectivity index (χ1n) is 5.08. The number of nitrogens with one attached hydrogen (secondary N) is 2. The second-order valence-electron chi connectivity index (χ2n) is 3.74. The first-order chi connectivity index (χ1) is 6.16. The van der Waals surface area contributed by atoms with Crippen LogP contribution in [0.1, 0.15) is 33.1 Å². The van der Waals surface area contributed by atoms with E-state index < -0.39 is 0 Å². The molecule has 0 saturated heterocycles. The van der Waals surface area contributed by atoms with Crippen LogP contribution in [0.3, 0.4) is 0 Å². The van der Waals surface area contributed by atoms with Crippen LogP contribution in [0, 0.1) is 5.92 Å². The topological polar surface area (TPSA) is 41.1 Å². The summed E-state index contributed by atoms with van der Waals surface area (Å²) in [6.07, 6.45) is 3.69. The molecule has 2 N–H and O–H groups in total. The predicted molar refractivity (Wildman–Crippen MR) is 55.6 cm³/mol. The van der Waals surface area contributed by atoms with Crippen molar-refractivity contribution in [2.24, 2.45) is 5.92 Å². The van der Waals surface area contributed by atoms with Crippen molar-refractivity contribution >= 4 is 5.91 Å². The molecule has 0 fully saturated rings. The number of rotatable bonds is 7. The Morgan fingerprint density at radius 2 is 2.00 bits per heavy atom. The minimum atomic E-state index is 0.0591. The van der Waals surface area contributed by atoms with Crippen molar-refractivity contribution < 1.29 is 4.79 Å². The molecule has 0 spiro atoms. The predicted octanol–water partition coefficient (Wildman–Crippen LogP) is 1.15. The third-order valence-electron chi connectivity index (χ3n) is 1.95. The zero-order valence-electron chi connectivity index (χ0n) is 9.02. The summed E-state index contributed by atoms with van der Waals surface area (Å²) < 4.78 is 0. The number of likely N-dealkylation sites (N-methyl/N-ethyl adjacent to an activating group) is 1. The molecule has 78 valence electrons. The van der Waals surface area contributed by atoms with E-state index in [-0.39, 0.29) is 5.91 Å². The van der Waals surface area contributed by atoms with Gasteiger partial charge in [-0.25, -0.2) is 0 Å². The van der Waals surface area contributed by atoms with Gasteiger partial charge in [-0.2, -0.15) is 0 Å². The summed E-state index contributed by atoms with van der Waals surface area (Å²) in [6, 6.07) is 0. The lowest BCUT2D eigenvalue weighted by molar-refractivity contribution is -0.119. The normalized spacial score (nSPS) is 10.5. The van der Waals surface area contributed by atoms with E-state index in [1.165, 1.54) is 12.8 Å². The lowest BCUT2D eigenvalue weighted by atomic mass is 10.1. The molecule has 0 rings (SSSR count). The molecule has 0 unspecified atom stereocenters. The molecule has 0 bridgehead atoms. The van der Waals surface area contributed by atoms with E-state index in [1.807, 2.05) is 0 Å². The first-order valence-corrected chi connectivity index (χ1v) is 5.08. The van der Waals surface area contributed by atoms with Crippen LogP contribution in [0.2, 0.25) is 0 Å². The lowest BCUT2D eigenvalue weighted by Crippen LogP contribution is -2.31. The molecular formula is C10H22N2O. The highest BCUT2D eigenvalue weighted by Gasteiger charge is 1.96. The van der Waals surface area contributed by atoms with Crippen molar-refractivity contribution in [3.63, 3.8) is 0 Å². The van der Waals surface area contributed by atoms with Gasteiger partial charge in [0.1, 0.15) is 0 Å². The van der Waals surface area contributed by atoms with E-state index in [0.29, 0.717) is 6.54 Å². The fourth-order valence-corrected chi connectivity index (χ4v) is 1.09. The van der Waals surface area contributed by atoms with Gasteiger partial charge >= 0.3 is 0 Å². The summed E-state index contributed by atoms with van der Waals surface area (Å²) in [5.74, 6) is 0.850. The second kappa shape index (κ2) is 8.05. The van der Waals surface area contributed by atoms with Crippen LogP contribution in [0.4, 0.5) is 0 Å². The third-order valence-corrected chi connectivity index (χ3v) is 1.95. The summed E-state index contributed by atoms with van der Waals surface area (Å²) in [7, 11) is 1.66. The van der Waals surface area contributed by atoms with E-state index in [2.05, 4.69) is 24.5 Å². The Labute approximate surface area is 81.3 Å². The van der Waals surface area contributed by atoms with Crippen LogP contribution in [0.25, 0.3) is 0 Å². The molecule has 0 aliphatic carbocycles. The van der Waals surface area contributed by atoms with Gasteiger partial charge in [0.25, 0.3) is 0 Å². The Morgan fingerprint density at radius 1 is 1.31 bits per heavy atom. The molecule has 0 aliphatic heterocycles. The maximum absolute atomic E-state index is 10.8. The largest absolute Gasteiger partial charge is 0.358 e. The molecule has 0 saturated carbocycles. The van der Waals surface area contributed by atoms with Gasteiger partial charge in [0, 0.05) is 7.05 Å². The van der Waals surface area contributed by atoms with E-state index in [9.17, 15) is 4.79 Å². The minimum absolute atomic E-state index is 0.0591. The monoisotopic (exact) mass is 186 g/mol. The first kappa shape index (κ1) is 12.4. The molecule has 0 heterocycles. The average molecular weight is 186 g/mol. The zero-order chi connectivity index (χ0) is 10.1. The van der Waals surface area contributed by atoms with Crippen LogP contribution in [-0.4, -0.2) is 26.0 Å². The Morgan fingerprint density at radius 3 is 2.54 bits per heavy atom. The van der Waals surface area contributed by atoms with Gasteiger partial charge in [0.15, 0.2) is 0 Å². The van der Waals surface area contributed by atoms with Crippen molar-refractivity contribution in [2.75, 3.05) is 20.1 Å². The minimum Gasteiger partial charge on any atom is -0.358 e.